The van der Waals surface area contributed by atoms with E-state index >= 15 is 0 Å². The summed E-state index contributed by atoms with van der Waals surface area (Å²) in [6.45, 7) is -0.0570. The largest absolute Gasteiger partial charge is 0.392 e. The lowest BCUT2D eigenvalue weighted by atomic mass is 10.1. The number of nitrogens with two attached hydrogens (primary N) is 1. The third kappa shape index (κ3) is 2.69. The van der Waals surface area contributed by atoms with E-state index in [9.17, 15) is 4.79 Å². The fourth-order valence-electron chi connectivity index (χ4n) is 1.65. The van der Waals surface area contributed by atoms with Crippen LogP contribution in [0.2, 0.25) is 0 Å². The molecule has 6 nitrogen and oxygen atoms in total. The van der Waals surface area contributed by atoms with E-state index in [0.717, 1.165) is 11.1 Å². The Labute approximate surface area is 110 Å². The molecule has 1 aromatic heterocycles. The molecule has 4 N–H and O–H groups in total. The van der Waals surface area contributed by atoms with Gasteiger partial charge in [0.05, 0.1) is 18.5 Å². The SMILES string of the molecule is CNC(=O)c1nc(-c2cccc(CO)c2)cnc1N. The lowest BCUT2D eigenvalue weighted by molar-refractivity contribution is 0.0959. The summed E-state index contributed by atoms with van der Waals surface area (Å²) < 4.78 is 0. The highest BCUT2D eigenvalue weighted by Crippen LogP contribution is 2.19. The first-order chi connectivity index (χ1) is 9.15. The van der Waals surface area contributed by atoms with Crippen LogP contribution in [0.5, 0.6) is 0 Å². The maximum atomic E-state index is 11.6. The van der Waals surface area contributed by atoms with Crippen molar-refractivity contribution in [2.24, 2.45) is 0 Å². The number of rotatable bonds is 3. The van der Waals surface area contributed by atoms with Gasteiger partial charge in [0.1, 0.15) is 0 Å². The molecule has 0 aliphatic heterocycles. The molecule has 0 atom stereocenters. The van der Waals surface area contributed by atoms with E-state index in [2.05, 4.69) is 15.3 Å². The number of nitrogens with one attached hydrogen (secondary N) is 1. The van der Waals surface area contributed by atoms with E-state index < -0.39 is 0 Å². The number of nitrogen functional groups attached to an aromatic ring is 1. The first-order valence-electron chi connectivity index (χ1n) is 5.70. The summed E-state index contributed by atoms with van der Waals surface area (Å²) in [5, 5.41) is 11.6. The highest BCUT2D eigenvalue weighted by molar-refractivity contribution is 5.96. The standard InChI is InChI=1S/C13H14N4O2/c1-15-13(19)11-12(14)16-6-10(17-11)9-4-2-3-8(5-9)7-18/h2-6,18H,7H2,1H3,(H2,14,16)(H,15,19). The second-order valence-electron chi connectivity index (χ2n) is 3.93. The summed E-state index contributed by atoms with van der Waals surface area (Å²) in [7, 11) is 1.50. The minimum Gasteiger partial charge on any atom is -0.392 e. The normalized spacial score (nSPS) is 10.2. The molecule has 19 heavy (non-hydrogen) atoms. The van der Waals surface area contributed by atoms with Gasteiger partial charge in [0.25, 0.3) is 5.91 Å². The summed E-state index contributed by atoms with van der Waals surface area (Å²) >= 11 is 0. The van der Waals surface area contributed by atoms with Gasteiger partial charge in [0.2, 0.25) is 0 Å². The van der Waals surface area contributed by atoms with Gasteiger partial charge >= 0.3 is 0 Å². The highest BCUT2D eigenvalue weighted by atomic mass is 16.3. The average Bonchev–Trinajstić information content (AvgIpc) is 2.47. The topological polar surface area (TPSA) is 101 Å². The minimum atomic E-state index is -0.384. The Balaban J connectivity index is 2.48. The molecular weight excluding hydrogens is 244 g/mol. The number of aliphatic hydroxyl groups excluding tert-OH is 1. The Morgan fingerprint density at radius 3 is 2.95 bits per heavy atom. The van der Waals surface area contributed by atoms with Gasteiger partial charge in [-0.15, -0.1) is 0 Å². The first-order valence-corrected chi connectivity index (χ1v) is 5.70. The molecule has 1 heterocycles. The maximum Gasteiger partial charge on any atom is 0.273 e. The number of carbonyl (C=O) groups excluding carboxylic acids is 1. The third-order valence-corrected chi connectivity index (χ3v) is 2.65. The predicted molar refractivity (Wildman–Crippen MR) is 71.2 cm³/mol. The van der Waals surface area contributed by atoms with Crippen molar-refractivity contribution >= 4 is 11.7 Å². The molecule has 1 aromatic carbocycles. The van der Waals surface area contributed by atoms with Crippen molar-refractivity contribution in [2.75, 3.05) is 12.8 Å². The minimum absolute atomic E-state index is 0.0570. The molecule has 0 aliphatic carbocycles. The maximum absolute atomic E-state index is 11.6. The Bertz CT molecular complexity index is 613. The Morgan fingerprint density at radius 1 is 1.47 bits per heavy atom. The molecule has 0 unspecified atom stereocenters. The van der Waals surface area contributed by atoms with Crippen LogP contribution in [0.15, 0.2) is 30.5 Å². The molecule has 2 rings (SSSR count). The van der Waals surface area contributed by atoms with Gasteiger partial charge in [0, 0.05) is 12.6 Å². The second-order valence-corrected chi connectivity index (χ2v) is 3.93. The van der Waals surface area contributed by atoms with Gasteiger partial charge in [-0.3, -0.25) is 4.79 Å². The molecule has 1 amide bonds. The average molecular weight is 258 g/mol. The summed E-state index contributed by atoms with van der Waals surface area (Å²) in [6.07, 6.45) is 1.50. The van der Waals surface area contributed by atoms with Crippen molar-refractivity contribution in [3.63, 3.8) is 0 Å². The molecule has 0 bridgehead atoms. The zero-order valence-electron chi connectivity index (χ0n) is 10.4. The van der Waals surface area contributed by atoms with Gasteiger partial charge in [0.15, 0.2) is 11.5 Å². The fourth-order valence-corrected chi connectivity index (χ4v) is 1.65. The van der Waals surface area contributed by atoms with Crippen LogP contribution in [0, 0.1) is 0 Å². The smallest absolute Gasteiger partial charge is 0.273 e. The number of aromatic nitrogens is 2. The van der Waals surface area contributed by atoms with Gasteiger partial charge in [-0.2, -0.15) is 0 Å². The molecular formula is C13H14N4O2. The summed E-state index contributed by atoms with van der Waals surface area (Å²) in [5.41, 5.74) is 7.78. The van der Waals surface area contributed by atoms with Crippen LogP contribution >= 0.6 is 0 Å². The molecule has 98 valence electrons. The number of amides is 1. The van der Waals surface area contributed by atoms with E-state index in [1.807, 2.05) is 6.07 Å². The molecule has 0 radical (unpaired) electrons. The quantitative estimate of drug-likeness (QED) is 0.747. The Hall–Kier alpha value is -2.47. The van der Waals surface area contributed by atoms with Crippen LogP contribution in [-0.4, -0.2) is 28.0 Å². The van der Waals surface area contributed by atoms with Gasteiger partial charge in [-0.1, -0.05) is 18.2 Å². The molecule has 6 heteroatoms. The zero-order chi connectivity index (χ0) is 13.8. The van der Waals surface area contributed by atoms with Crippen molar-refractivity contribution in [3.05, 3.63) is 41.7 Å². The predicted octanol–water partition coefficient (Wildman–Crippen LogP) is 0.578. The monoisotopic (exact) mass is 258 g/mol. The molecule has 2 aromatic rings. The number of benzene rings is 1. The van der Waals surface area contributed by atoms with E-state index in [4.69, 9.17) is 10.8 Å². The summed E-state index contributed by atoms with van der Waals surface area (Å²) in [5.74, 6) is -0.299. The molecule has 0 fully saturated rings. The van der Waals surface area contributed by atoms with E-state index in [0.29, 0.717) is 5.69 Å². The molecule has 0 aliphatic rings. The molecule has 0 spiro atoms. The van der Waals surface area contributed by atoms with Crippen LogP contribution in [0.1, 0.15) is 16.1 Å². The van der Waals surface area contributed by atoms with Crippen LogP contribution in [0.25, 0.3) is 11.3 Å². The Morgan fingerprint density at radius 2 is 2.26 bits per heavy atom. The summed E-state index contributed by atoms with van der Waals surface area (Å²) in [6, 6.07) is 7.22. The number of carbonyl (C=O) groups is 1. The fraction of sp³-hybridized carbons (Fsp3) is 0.154. The number of aliphatic hydroxyl groups is 1. The van der Waals surface area contributed by atoms with Crippen molar-refractivity contribution < 1.29 is 9.90 Å². The van der Waals surface area contributed by atoms with Gasteiger partial charge in [-0.25, -0.2) is 9.97 Å². The van der Waals surface area contributed by atoms with Crippen LogP contribution < -0.4 is 11.1 Å². The number of anilines is 1. The van der Waals surface area contributed by atoms with Crippen LogP contribution in [0.4, 0.5) is 5.82 Å². The van der Waals surface area contributed by atoms with Crippen molar-refractivity contribution in [2.45, 2.75) is 6.61 Å². The number of hydrogen-bond donors (Lipinski definition) is 3. The van der Waals surface area contributed by atoms with Crippen molar-refractivity contribution in [1.82, 2.24) is 15.3 Å². The first kappa shape index (κ1) is 13.0. The third-order valence-electron chi connectivity index (χ3n) is 2.65. The lowest BCUT2D eigenvalue weighted by Gasteiger charge is -2.07. The van der Waals surface area contributed by atoms with Crippen LogP contribution in [-0.2, 0) is 6.61 Å². The van der Waals surface area contributed by atoms with E-state index in [1.165, 1.54) is 13.2 Å². The second kappa shape index (κ2) is 5.45. The Kier molecular flexibility index (Phi) is 3.72. The lowest BCUT2D eigenvalue weighted by Crippen LogP contribution is -2.21. The number of nitrogens with zero attached hydrogens (tertiary/aromatic N) is 2. The number of hydrogen-bond acceptors (Lipinski definition) is 5. The van der Waals surface area contributed by atoms with Crippen molar-refractivity contribution in [3.8, 4) is 11.3 Å². The van der Waals surface area contributed by atoms with Gasteiger partial charge < -0.3 is 16.2 Å². The molecule has 0 saturated carbocycles. The highest BCUT2D eigenvalue weighted by Gasteiger charge is 2.13. The van der Waals surface area contributed by atoms with Crippen molar-refractivity contribution in [1.29, 1.82) is 0 Å². The van der Waals surface area contributed by atoms with E-state index in [1.54, 1.807) is 18.2 Å². The van der Waals surface area contributed by atoms with Crippen LogP contribution in [0.3, 0.4) is 0 Å². The van der Waals surface area contributed by atoms with Gasteiger partial charge in [-0.05, 0) is 11.6 Å². The molecule has 0 saturated heterocycles. The zero-order valence-corrected chi connectivity index (χ0v) is 10.4. The summed E-state index contributed by atoms with van der Waals surface area (Å²) in [4.78, 5) is 19.8. The van der Waals surface area contributed by atoms with E-state index in [-0.39, 0.29) is 24.0 Å².